The maximum Gasteiger partial charge on any atom is 0.116 e. The summed E-state index contributed by atoms with van der Waals surface area (Å²) in [5.41, 5.74) is 3.81. The Hall–Kier alpha value is -1.12. The number of rotatable bonds is 1. The Morgan fingerprint density at radius 1 is 0.929 bits per heavy atom. The number of allylic oxidation sites excluding steroid dienone is 4. The van der Waals surface area contributed by atoms with Crippen LogP contribution in [0.15, 0.2) is 72.3 Å². The van der Waals surface area contributed by atoms with Gasteiger partial charge in [0.1, 0.15) is 5.75 Å². The summed E-state index contributed by atoms with van der Waals surface area (Å²) >= 11 is 2.08. The van der Waals surface area contributed by atoms with Gasteiger partial charge in [-0.05, 0) is 28.7 Å². The number of hydrogen-bond acceptors (Lipinski definition) is 1. The summed E-state index contributed by atoms with van der Waals surface area (Å²) in [5, 5.41) is 9.27. The summed E-state index contributed by atoms with van der Waals surface area (Å²) in [7, 11) is 0. The zero-order valence-electron chi connectivity index (χ0n) is 17.3. The summed E-state index contributed by atoms with van der Waals surface area (Å²) in [6, 6.07) is 17.3. The monoisotopic (exact) mass is 453 g/mol. The molecular formula is C24H31Cl2OTi. The first-order chi connectivity index (χ1) is 12.2. The van der Waals surface area contributed by atoms with Gasteiger partial charge in [-0.3, -0.25) is 6.08 Å². The topological polar surface area (TPSA) is 20.2 Å². The zero-order chi connectivity index (χ0) is 19.6. The Balaban J connectivity index is 0. The molecule has 1 aliphatic rings. The van der Waals surface area contributed by atoms with Crippen LogP contribution in [0.3, 0.4) is 0 Å². The third-order valence-electron chi connectivity index (χ3n) is 3.46. The average Bonchev–Trinajstić information content (AvgIpc) is 3.11. The van der Waals surface area contributed by atoms with E-state index in [-0.39, 0.29) is 24.8 Å². The van der Waals surface area contributed by atoms with Crippen molar-refractivity contribution in [3.63, 3.8) is 0 Å². The van der Waals surface area contributed by atoms with Crippen LogP contribution in [-0.4, -0.2) is 8.92 Å². The van der Waals surface area contributed by atoms with Crippen molar-refractivity contribution < 1.29 is 25.1 Å². The summed E-state index contributed by atoms with van der Waals surface area (Å²) in [6.45, 7) is 10.8. The number of hydrogen-bond donors (Lipinski definition) is 1. The van der Waals surface area contributed by atoms with Gasteiger partial charge in [-0.1, -0.05) is 63.2 Å². The van der Waals surface area contributed by atoms with E-state index in [1.807, 2.05) is 42.5 Å². The molecule has 151 valence electrons. The summed E-state index contributed by atoms with van der Waals surface area (Å²) in [4.78, 5) is 0. The predicted octanol–water partition coefficient (Wildman–Crippen LogP) is 7.37. The normalized spacial score (nSPS) is 11.5. The smallest absolute Gasteiger partial charge is 0.116 e. The molecule has 0 aromatic heterocycles. The molecule has 0 bridgehead atoms. The first-order valence-electron chi connectivity index (χ1n) is 8.84. The van der Waals surface area contributed by atoms with Crippen molar-refractivity contribution >= 4 is 28.6 Å². The third kappa shape index (κ3) is 12.4. The fraction of sp³-hybridized carbons (Fsp3) is 0.292. The molecule has 0 saturated heterocycles. The fourth-order valence-electron chi connectivity index (χ4n) is 2.24. The minimum absolute atomic E-state index is 0. The van der Waals surface area contributed by atoms with Crippen LogP contribution in [0.2, 0.25) is 0 Å². The van der Waals surface area contributed by atoms with Gasteiger partial charge in [-0.15, -0.1) is 31.2 Å². The number of phenols is 1. The molecule has 3 rings (SSSR count). The first-order valence-corrected chi connectivity index (χ1v) is 9.62. The van der Waals surface area contributed by atoms with Gasteiger partial charge in [0.05, 0.1) is 0 Å². The Labute approximate surface area is 194 Å². The quantitative estimate of drug-likeness (QED) is 0.352. The second-order valence-electron chi connectivity index (χ2n) is 7.36. The molecule has 0 atom stereocenters. The van der Waals surface area contributed by atoms with Crippen LogP contribution < -0.4 is 0 Å². The number of halogens is 2. The van der Waals surface area contributed by atoms with E-state index in [0.29, 0.717) is 11.2 Å². The molecule has 2 aromatic rings. The first kappa shape index (κ1) is 29.1. The number of phenolic OH excluding ortho intramolecular Hbond substituents is 1. The molecule has 28 heavy (non-hydrogen) atoms. The Bertz CT molecular complexity index is 756. The second kappa shape index (κ2) is 14.8. The van der Waals surface area contributed by atoms with Crippen molar-refractivity contribution in [1.29, 1.82) is 0 Å². The Morgan fingerprint density at radius 2 is 1.46 bits per heavy atom. The van der Waals surface area contributed by atoms with Gasteiger partial charge in [-0.25, -0.2) is 11.6 Å². The zero-order valence-corrected chi connectivity index (χ0v) is 20.5. The molecular weight excluding hydrogens is 423 g/mol. The van der Waals surface area contributed by atoms with Gasteiger partial charge < -0.3 is 5.11 Å². The van der Waals surface area contributed by atoms with Crippen molar-refractivity contribution in [3.05, 3.63) is 78.4 Å². The standard InChI is InChI=1S/C12H10O.C9H13.C3H6.2ClH.Ti/c13-12-8-4-7-11(9-12)10-5-2-1-3-6-10;1-9(2,3)8-6-4-5-7-8;1-3-2;;;/h1-9,13H;4,6H,5H2,1-3H3;1-2H3;2*1H;/q;-1;;;;+1. The second-order valence-corrected chi connectivity index (χ2v) is 8.92. The van der Waals surface area contributed by atoms with Gasteiger partial charge in [0.2, 0.25) is 0 Å². The van der Waals surface area contributed by atoms with Crippen molar-refractivity contribution in [2.45, 2.75) is 41.0 Å². The summed E-state index contributed by atoms with van der Waals surface area (Å²) < 4.78 is 1.42. The molecule has 0 aliphatic heterocycles. The van der Waals surface area contributed by atoms with E-state index in [0.717, 1.165) is 17.5 Å². The van der Waals surface area contributed by atoms with Crippen molar-refractivity contribution in [2.75, 3.05) is 0 Å². The SMILES string of the molecule is CC(C)(C)C1=[C-]CC=C1.C[C](C)=[Ti+].Cl.Cl.Oc1cccc(-c2ccccc2)c1. The minimum Gasteiger partial charge on any atom is -0.508 e. The molecule has 0 unspecified atom stereocenters. The maximum absolute atomic E-state index is 9.27. The molecule has 4 heteroatoms. The molecule has 1 N–H and O–H groups in total. The molecule has 0 amide bonds. The van der Waals surface area contributed by atoms with E-state index in [1.165, 1.54) is 9.38 Å². The van der Waals surface area contributed by atoms with Crippen LogP contribution in [-0.2, 0) is 20.0 Å². The minimum atomic E-state index is 0. The van der Waals surface area contributed by atoms with Crippen molar-refractivity contribution in [3.8, 4) is 16.9 Å². The Kier molecular flexibility index (Phi) is 15.4. The molecule has 0 saturated carbocycles. The molecule has 1 aliphatic carbocycles. The van der Waals surface area contributed by atoms with Crippen LogP contribution in [0.25, 0.3) is 11.1 Å². The molecule has 0 spiro atoms. The van der Waals surface area contributed by atoms with Crippen molar-refractivity contribution in [1.82, 2.24) is 0 Å². The van der Waals surface area contributed by atoms with Gasteiger partial charge in [0.25, 0.3) is 0 Å². The molecule has 2 aromatic carbocycles. The van der Waals surface area contributed by atoms with Crippen LogP contribution >= 0.6 is 24.8 Å². The van der Waals surface area contributed by atoms with Gasteiger partial charge >= 0.3 is 37.6 Å². The summed E-state index contributed by atoms with van der Waals surface area (Å²) in [5.74, 6) is 0.307. The van der Waals surface area contributed by atoms with E-state index in [9.17, 15) is 5.11 Å². The average molecular weight is 454 g/mol. The third-order valence-corrected chi connectivity index (χ3v) is 3.46. The molecule has 0 heterocycles. The number of benzene rings is 2. The number of aromatic hydroxyl groups is 1. The van der Waals surface area contributed by atoms with Crippen molar-refractivity contribution in [2.24, 2.45) is 5.41 Å². The summed E-state index contributed by atoms with van der Waals surface area (Å²) in [6.07, 6.45) is 8.63. The van der Waals surface area contributed by atoms with E-state index < -0.39 is 0 Å². The molecule has 1 nitrogen and oxygen atoms in total. The van der Waals surface area contributed by atoms with E-state index in [1.54, 1.807) is 12.1 Å². The van der Waals surface area contributed by atoms with Gasteiger partial charge in [0, 0.05) is 0 Å². The predicted molar refractivity (Wildman–Crippen MR) is 124 cm³/mol. The van der Waals surface area contributed by atoms with Crippen LogP contribution in [0.1, 0.15) is 41.0 Å². The van der Waals surface area contributed by atoms with Crippen LogP contribution in [0, 0.1) is 11.5 Å². The van der Waals surface area contributed by atoms with E-state index in [4.69, 9.17) is 0 Å². The van der Waals surface area contributed by atoms with E-state index >= 15 is 0 Å². The van der Waals surface area contributed by atoms with Gasteiger partial charge in [-0.2, -0.15) is 6.08 Å². The van der Waals surface area contributed by atoms with Gasteiger partial charge in [0.15, 0.2) is 0 Å². The van der Waals surface area contributed by atoms with E-state index in [2.05, 4.69) is 72.8 Å². The van der Waals surface area contributed by atoms with Crippen LogP contribution in [0.5, 0.6) is 5.75 Å². The maximum atomic E-state index is 9.27. The molecule has 0 fully saturated rings. The fourth-order valence-corrected chi connectivity index (χ4v) is 2.24. The van der Waals surface area contributed by atoms with Crippen LogP contribution in [0.4, 0.5) is 0 Å². The Morgan fingerprint density at radius 3 is 1.86 bits per heavy atom. The largest absolute Gasteiger partial charge is 0.508 e. The molecule has 0 radical (unpaired) electrons.